The molecular weight excluding hydrogens is 1710 g/mol. The van der Waals surface area contributed by atoms with E-state index in [0.29, 0.717) is 35.5 Å². The number of aromatic amines is 2. The van der Waals surface area contributed by atoms with Crippen LogP contribution in [0.5, 0.6) is 17.2 Å². The maximum Gasteiger partial charge on any atom is 0.430 e. The first kappa shape index (κ1) is 95.1. The molecule has 5 aliphatic carbocycles. The molecule has 16 rings (SSSR count). The van der Waals surface area contributed by atoms with Gasteiger partial charge >= 0.3 is 24.7 Å². The molecule has 0 amide bonds. The normalized spacial score (nSPS) is 19.0. The van der Waals surface area contributed by atoms with Crippen LogP contribution in [0.2, 0.25) is 10.0 Å². The molecule has 5 heterocycles. The largest absolute Gasteiger partial charge is 0.542 e. The minimum atomic E-state index is -5.19. The van der Waals surface area contributed by atoms with Crippen LogP contribution in [0.1, 0.15) is 174 Å². The summed E-state index contributed by atoms with van der Waals surface area (Å²) in [6, 6.07) is 43.0. The number of carbonyl (C=O) groups excluding carboxylic acids is 4. The number of aryl methyl sites for hydroxylation is 5. The highest BCUT2D eigenvalue weighted by Crippen LogP contribution is 2.50. The van der Waals surface area contributed by atoms with E-state index in [1.165, 1.54) is 79.2 Å². The number of allylic oxidation sites excluding steroid dienone is 4. The summed E-state index contributed by atoms with van der Waals surface area (Å²) in [7, 11) is 5.20. The van der Waals surface area contributed by atoms with Gasteiger partial charge in [-0.15, -0.1) is 10.2 Å². The lowest BCUT2D eigenvalue weighted by molar-refractivity contribution is -0.941. The molecule has 0 radical (unpaired) electrons. The number of ether oxygens (including phenoxy) is 3. The van der Waals surface area contributed by atoms with Crippen molar-refractivity contribution in [1.82, 2.24) is 30.0 Å². The predicted molar refractivity (Wildman–Crippen MR) is 434 cm³/mol. The average molecular weight is 1800 g/mol. The summed E-state index contributed by atoms with van der Waals surface area (Å²) in [6.45, 7) is 5.83. The number of methoxy groups -OCH3 is 3. The molecule has 126 heavy (non-hydrogen) atoms. The number of nitrogens with zero attached hydrogens (tertiary/aromatic N) is 6. The van der Waals surface area contributed by atoms with Crippen molar-refractivity contribution in [1.29, 1.82) is 0 Å². The maximum atomic E-state index is 10.5. The summed E-state index contributed by atoms with van der Waals surface area (Å²) in [5.74, 6) is -6.52. The lowest BCUT2D eigenvalue weighted by Crippen LogP contribution is -3.12. The number of pyridine rings is 2. The lowest BCUT2D eigenvalue weighted by atomic mass is 9.70. The third-order valence-corrected chi connectivity index (χ3v) is 23.9. The number of halogens is 14. The zero-order valence-corrected chi connectivity index (χ0v) is 70.4. The van der Waals surface area contributed by atoms with Crippen LogP contribution in [-0.2, 0) is 70.9 Å². The monoisotopic (exact) mass is 1800 g/mol. The third kappa shape index (κ3) is 24.4. The lowest BCUT2D eigenvalue weighted by Gasteiger charge is -2.35. The van der Waals surface area contributed by atoms with Crippen LogP contribution in [0, 0.1) is 24.7 Å². The summed E-state index contributed by atoms with van der Waals surface area (Å²) < 4.78 is 147. The fourth-order valence-corrected chi connectivity index (χ4v) is 18.4. The summed E-state index contributed by atoms with van der Waals surface area (Å²) in [4.78, 5) is 44.0. The van der Waals surface area contributed by atoms with Gasteiger partial charge in [0.25, 0.3) is 0 Å². The fourth-order valence-electron chi connectivity index (χ4n) is 18.0. The number of anilines is 2. The van der Waals surface area contributed by atoms with Gasteiger partial charge < -0.3 is 70.2 Å². The van der Waals surface area contributed by atoms with Crippen LogP contribution in [0.3, 0.4) is 0 Å². The number of quaternary nitrogens is 1. The Balaban J connectivity index is 0.000000188. The fraction of sp³-hybridized carbons (Fsp3) is 0.400. The standard InChI is InChI=1S/C42H46ClN5O2.C40H43ClN6O.4C2HF3O2/c1-49-38-22-30-12-11-29(40(28-9-4-3-5-10-28)35(30)24-39(38)50-2)13-15-33-25-48(47-46-33)17-7-6-8-26-18-27-20-31(19-26)41-37(21-27)45-36-23-32(43)14-16-34(36)42(41)44;1-25-16-29-13-15-46(40(28-9-4-3-5-10-28)34(29)22-37(25)48-2)23-32-24-47(45-44-32)14-7-6-8-26-17-27-19-30(18-26)38-36(20-27)43-35-21-31(41)11-12-33(35)39(38)42;4*3-2(4,5)1(6)7/h3-5,9-10,14,16,18,22-25,27,29,31,40H,6-8,11-13,15,17,19-21H2,1-2H3,(H2,44,45);3-5,9-12,16-17,21-22,24,27,30,40H,6-8,13-15,18-20,23H2,1-2H3,(H2,42,43);4*(H,6,7)/p-1. The Kier molecular flexibility index (Phi) is 31.2. The Bertz CT molecular complexity index is 5500. The van der Waals surface area contributed by atoms with Crippen molar-refractivity contribution < 1.29 is 121 Å². The van der Waals surface area contributed by atoms with Crippen LogP contribution in [0.15, 0.2) is 157 Å². The summed E-state index contributed by atoms with van der Waals surface area (Å²) in [5.41, 5.74) is 37.5. The molecule has 0 fully saturated rings. The molecule has 22 nitrogen and oxygen atoms in total. The van der Waals surface area contributed by atoms with Gasteiger partial charge in [0.05, 0.1) is 61.9 Å². The van der Waals surface area contributed by atoms with E-state index in [-0.39, 0.29) is 6.04 Å². The molecule has 8 unspecified atom stereocenters. The molecule has 1 aliphatic heterocycles. The smallest absolute Gasteiger partial charge is 0.430 e. The number of hydrogen-bond acceptors (Lipinski definition) is 17. The van der Waals surface area contributed by atoms with E-state index >= 15 is 0 Å². The van der Waals surface area contributed by atoms with Crippen LogP contribution in [0.25, 0.3) is 21.8 Å². The van der Waals surface area contributed by atoms with E-state index in [9.17, 15) is 52.7 Å². The Morgan fingerprint density at radius 1 is 0.524 bits per heavy atom. The zero-order chi connectivity index (χ0) is 91.3. The minimum Gasteiger partial charge on any atom is -0.542 e. The Hall–Kier alpha value is -11.5. The molecule has 6 aliphatic rings. The average Bonchev–Trinajstić information content (AvgIpc) is 0.837. The van der Waals surface area contributed by atoms with Gasteiger partial charge in [0.1, 0.15) is 47.9 Å². The minimum absolute atomic E-state index is 0.232. The van der Waals surface area contributed by atoms with Gasteiger partial charge in [-0.2, -0.15) is 52.7 Å². The van der Waals surface area contributed by atoms with Crippen LogP contribution in [-0.4, -0.2) is 106 Å². The van der Waals surface area contributed by atoms with Gasteiger partial charge in [0.2, 0.25) is 11.0 Å². The number of nitrogens with one attached hydrogen (secondary N) is 3. The van der Waals surface area contributed by atoms with Gasteiger partial charge in [-0.1, -0.05) is 124 Å². The van der Waals surface area contributed by atoms with Gasteiger partial charge in [0.15, 0.2) is 22.9 Å². The molecule has 36 heteroatoms. The molecule has 0 spiro atoms. The summed E-state index contributed by atoms with van der Waals surface area (Å²) in [5, 5.41) is 57.1. The number of nitrogens with two attached hydrogens (primary N) is 2. The number of carboxylic acids is 4. The molecule has 672 valence electrons. The number of hydrogen-bond donors (Lipinski definition) is 3. The summed E-state index contributed by atoms with van der Waals surface area (Å²) >= 11 is 12.6. The van der Waals surface area contributed by atoms with Crippen LogP contribution < -0.4 is 61.0 Å². The van der Waals surface area contributed by atoms with Crippen molar-refractivity contribution in [3.63, 3.8) is 0 Å². The molecule has 8 atom stereocenters. The van der Waals surface area contributed by atoms with Gasteiger partial charge in [-0.05, 0) is 197 Å². The topological polar surface area (TPSA) is 334 Å². The van der Waals surface area contributed by atoms with Crippen molar-refractivity contribution in [3.05, 3.63) is 240 Å². The second-order valence-corrected chi connectivity index (χ2v) is 32.8. The number of benzene rings is 6. The number of aromatic nitrogens is 8. The quantitative estimate of drug-likeness (QED) is 0.0362. The first-order chi connectivity index (χ1) is 59.7. The van der Waals surface area contributed by atoms with Crippen LogP contribution in [0.4, 0.5) is 64.1 Å². The first-order valence-corrected chi connectivity index (χ1v) is 41.5. The highest BCUT2D eigenvalue weighted by molar-refractivity contribution is 6.31. The molecule has 0 saturated carbocycles. The predicted octanol–water partition coefficient (Wildman–Crippen LogP) is 12.2. The number of nitrogen functional groups attached to an aromatic ring is 2. The number of unbranched alkanes of at least 4 members (excludes halogenated alkanes) is 2. The van der Waals surface area contributed by atoms with Crippen molar-refractivity contribution in [2.24, 2.45) is 17.8 Å². The number of aliphatic carboxylic acids is 4. The van der Waals surface area contributed by atoms with E-state index in [4.69, 9.17) is 88.5 Å². The van der Waals surface area contributed by atoms with Crippen molar-refractivity contribution >= 4 is 80.3 Å². The van der Waals surface area contributed by atoms with Gasteiger partial charge in [0, 0.05) is 88.9 Å². The number of carboxylic acid groups (broad SMARTS) is 4. The molecule has 6 aromatic carbocycles. The van der Waals surface area contributed by atoms with Crippen molar-refractivity contribution in [3.8, 4) is 17.2 Å². The SMILES string of the molecule is COc1cc2c(cc1C)CC[NH+](Cc1cn(CCCCC3=CC4Cc5[nH+]c6cc(Cl)ccc6c(N)c5C(C3)C4)nn1)C2c1ccccc1.COc1cc2c(cc1OC)C(c1ccccc1)C(CCc1cn(CCCCC3=CC4Cc5[nH+]c6cc(Cl)ccc6c(N)c5C(C3)C4)nn1)CC2.O=C([O-])C(F)(F)F.O=C([O-])C(F)(F)F.O=C([O-])C(F)(F)F.O=C([O-])C(F)(F)F. The number of fused-ring (bicyclic) bond motifs is 12. The Morgan fingerprint density at radius 3 is 1.41 bits per heavy atom. The number of rotatable bonds is 20. The molecule has 4 aromatic heterocycles. The van der Waals surface area contributed by atoms with Crippen molar-refractivity contribution in [2.45, 2.75) is 184 Å². The molecule has 7 N–H and O–H groups in total. The van der Waals surface area contributed by atoms with Crippen LogP contribution >= 0.6 is 23.2 Å². The molecule has 10 aromatic rings. The number of alkyl halides is 12. The van der Waals surface area contributed by atoms with Gasteiger partial charge in [-0.3, -0.25) is 9.36 Å². The van der Waals surface area contributed by atoms with Crippen molar-refractivity contribution in [2.75, 3.05) is 39.3 Å². The highest BCUT2D eigenvalue weighted by atomic mass is 35.5. The first-order valence-electron chi connectivity index (χ1n) is 40.7. The Morgan fingerprint density at radius 2 is 0.952 bits per heavy atom. The second kappa shape index (κ2) is 41.3. The van der Waals surface area contributed by atoms with E-state index in [2.05, 4.69) is 159 Å². The van der Waals surface area contributed by atoms with E-state index in [1.54, 1.807) is 32.5 Å². The molecule has 0 saturated heterocycles. The molecular formula is C90H92Cl2F12N11O11-. The van der Waals surface area contributed by atoms with Gasteiger partial charge in [-0.25, -0.2) is 9.97 Å². The number of H-pyrrole nitrogens is 2. The molecule has 4 bridgehead atoms. The Labute approximate surface area is 726 Å². The van der Waals surface area contributed by atoms with E-state index < -0.39 is 48.6 Å². The number of carbonyl (C=O) groups is 4. The maximum absolute atomic E-state index is 10.5. The van der Waals surface area contributed by atoms with E-state index in [0.717, 1.165) is 194 Å². The third-order valence-electron chi connectivity index (χ3n) is 23.4. The second-order valence-electron chi connectivity index (χ2n) is 31.9. The summed E-state index contributed by atoms with van der Waals surface area (Å²) in [6.07, 6.45) is 7.26. The zero-order valence-electron chi connectivity index (χ0n) is 68.9. The highest BCUT2D eigenvalue weighted by Gasteiger charge is 2.41. The van der Waals surface area contributed by atoms with E-state index in [1.807, 2.05) is 33.6 Å².